The molecule has 0 spiro atoms. The van der Waals surface area contributed by atoms with Crippen molar-refractivity contribution in [1.82, 2.24) is 15.4 Å². The molecule has 0 fully saturated rings. The van der Waals surface area contributed by atoms with Gasteiger partial charge in [0.15, 0.2) is 10.9 Å². The second-order valence-electron chi connectivity index (χ2n) is 4.85. The monoisotopic (exact) mass is 343 g/mol. The molecule has 0 atom stereocenters. The maximum absolute atomic E-state index is 5.95. The van der Waals surface area contributed by atoms with Crippen LogP contribution in [-0.4, -0.2) is 22.1 Å². The number of hydrogen-bond acceptors (Lipinski definition) is 4. The summed E-state index contributed by atoms with van der Waals surface area (Å²) in [6.45, 7) is 0. The largest absolute Gasteiger partial charge is 0.331 e. The summed E-state index contributed by atoms with van der Waals surface area (Å²) >= 11 is 11.2. The van der Waals surface area contributed by atoms with E-state index in [0.717, 1.165) is 16.7 Å². The van der Waals surface area contributed by atoms with Crippen molar-refractivity contribution < 1.29 is 0 Å². The molecule has 3 aromatic rings. The third-order valence-corrected chi connectivity index (χ3v) is 3.56. The number of hydrazine groups is 1. The Hall–Kier alpha value is -2.44. The summed E-state index contributed by atoms with van der Waals surface area (Å²) in [5.74, 6) is 0.650. The lowest BCUT2D eigenvalue weighted by Gasteiger charge is -2.21. The van der Waals surface area contributed by atoms with Gasteiger partial charge in [-0.1, -0.05) is 29.8 Å². The van der Waals surface area contributed by atoms with Gasteiger partial charge in [0.2, 0.25) is 0 Å². The Labute approximate surface area is 144 Å². The van der Waals surface area contributed by atoms with Crippen molar-refractivity contribution in [2.75, 3.05) is 17.4 Å². The van der Waals surface area contributed by atoms with Gasteiger partial charge >= 0.3 is 0 Å². The second-order valence-corrected chi connectivity index (χ2v) is 5.70. The predicted octanol–water partition coefficient (Wildman–Crippen LogP) is 3.62. The number of benzene rings is 2. The van der Waals surface area contributed by atoms with Crippen molar-refractivity contribution in [3.63, 3.8) is 0 Å². The summed E-state index contributed by atoms with van der Waals surface area (Å²) in [5.41, 5.74) is 5.48. The third kappa shape index (κ3) is 3.85. The lowest BCUT2D eigenvalue weighted by atomic mass is 10.3. The molecule has 3 rings (SSSR count). The molecule has 7 heteroatoms. The number of rotatable bonds is 3. The van der Waals surface area contributed by atoms with Crippen LogP contribution in [0.25, 0.3) is 11.0 Å². The quantitative estimate of drug-likeness (QED) is 0.559. The minimum Gasteiger partial charge on any atom is -0.331 e. The lowest BCUT2D eigenvalue weighted by Crippen LogP contribution is -2.42. The first kappa shape index (κ1) is 15.5. The molecule has 2 N–H and O–H groups in total. The molecule has 23 heavy (non-hydrogen) atoms. The van der Waals surface area contributed by atoms with Crippen LogP contribution in [0.4, 0.5) is 11.5 Å². The predicted molar refractivity (Wildman–Crippen MR) is 98.7 cm³/mol. The number of halogens is 1. The van der Waals surface area contributed by atoms with Gasteiger partial charge in [-0.3, -0.25) is 15.4 Å². The Morgan fingerprint density at radius 3 is 2.70 bits per heavy atom. The molecule has 0 amide bonds. The first-order chi connectivity index (χ1) is 11.1. The van der Waals surface area contributed by atoms with Crippen LogP contribution >= 0.6 is 23.8 Å². The molecule has 0 aliphatic rings. The standard InChI is InChI=1S/C16H14ClN5S/c1-22(21-16(23)19-12-5-3-2-4-6-12)15-10-18-14-9-11(17)7-8-13(14)20-15/h2-10H,1H3,(H2,19,21,23). The maximum Gasteiger partial charge on any atom is 0.189 e. The smallest absolute Gasteiger partial charge is 0.189 e. The molecule has 2 aromatic carbocycles. The fraction of sp³-hybridized carbons (Fsp3) is 0.0625. The van der Waals surface area contributed by atoms with E-state index < -0.39 is 0 Å². The van der Waals surface area contributed by atoms with Crippen LogP contribution in [0.3, 0.4) is 0 Å². The Morgan fingerprint density at radius 1 is 1.13 bits per heavy atom. The summed E-state index contributed by atoms with van der Waals surface area (Å²) < 4.78 is 0. The van der Waals surface area contributed by atoms with E-state index in [1.165, 1.54) is 0 Å². The molecule has 0 aliphatic heterocycles. The first-order valence-electron chi connectivity index (χ1n) is 6.90. The van der Waals surface area contributed by atoms with Gasteiger partial charge in [-0.15, -0.1) is 0 Å². The number of nitrogens with zero attached hydrogens (tertiary/aromatic N) is 3. The van der Waals surface area contributed by atoms with E-state index in [9.17, 15) is 0 Å². The molecule has 0 radical (unpaired) electrons. The SMILES string of the molecule is CN(NC(=S)Nc1ccccc1)c1cnc2cc(Cl)ccc2n1. The van der Waals surface area contributed by atoms with Crippen LogP contribution in [-0.2, 0) is 0 Å². The Morgan fingerprint density at radius 2 is 1.91 bits per heavy atom. The molecule has 1 aromatic heterocycles. The first-order valence-corrected chi connectivity index (χ1v) is 7.69. The fourth-order valence-corrected chi connectivity index (χ4v) is 2.45. The van der Waals surface area contributed by atoms with E-state index in [-0.39, 0.29) is 0 Å². The van der Waals surface area contributed by atoms with Crippen molar-refractivity contribution in [3.05, 3.63) is 59.8 Å². The van der Waals surface area contributed by atoms with Crippen LogP contribution in [0, 0.1) is 0 Å². The summed E-state index contributed by atoms with van der Waals surface area (Å²) in [6, 6.07) is 15.1. The van der Waals surface area contributed by atoms with Gasteiger partial charge in [0, 0.05) is 17.8 Å². The molecule has 0 aliphatic carbocycles. The van der Waals surface area contributed by atoms with Gasteiger partial charge < -0.3 is 5.32 Å². The molecule has 0 saturated heterocycles. The zero-order chi connectivity index (χ0) is 16.2. The summed E-state index contributed by atoms with van der Waals surface area (Å²) in [6.07, 6.45) is 1.66. The van der Waals surface area contributed by atoms with Crippen molar-refractivity contribution >= 4 is 51.5 Å². The fourth-order valence-electron chi connectivity index (χ4n) is 2.03. The molecule has 5 nitrogen and oxygen atoms in total. The zero-order valence-corrected chi connectivity index (χ0v) is 13.9. The summed E-state index contributed by atoms with van der Waals surface area (Å²) in [5, 5.41) is 5.92. The zero-order valence-electron chi connectivity index (χ0n) is 12.3. The van der Waals surface area contributed by atoms with Crippen LogP contribution in [0.1, 0.15) is 0 Å². The van der Waals surface area contributed by atoms with Gasteiger partial charge in [-0.05, 0) is 42.5 Å². The molecular weight excluding hydrogens is 330 g/mol. The number of para-hydroxylation sites is 1. The minimum absolute atomic E-state index is 0.469. The minimum atomic E-state index is 0.469. The molecule has 0 bridgehead atoms. The van der Waals surface area contributed by atoms with Crippen molar-refractivity contribution in [1.29, 1.82) is 0 Å². The maximum atomic E-state index is 5.95. The van der Waals surface area contributed by atoms with E-state index >= 15 is 0 Å². The Bertz CT molecular complexity index is 840. The lowest BCUT2D eigenvalue weighted by molar-refractivity contribution is 0.864. The van der Waals surface area contributed by atoms with Crippen LogP contribution in [0.15, 0.2) is 54.7 Å². The van der Waals surface area contributed by atoms with Crippen molar-refractivity contribution in [3.8, 4) is 0 Å². The van der Waals surface area contributed by atoms with Crippen LogP contribution < -0.4 is 15.8 Å². The number of nitrogens with one attached hydrogen (secondary N) is 2. The summed E-state index contributed by atoms with van der Waals surface area (Å²) in [4.78, 5) is 8.89. The highest BCUT2D eigenvalue weighted by Crippen LogP contribution is 2.18. The normalized spacial score (nSPS) is 10.3. The number of anilines is 2. The molecule has 116 valence electrons. The van der Waals surface area contributed by atoms with E-state index in [1.54, 1.807) is 23.3 Å². The van der Waals surface area contributed by atoms with Gasteiger partial charge in [0.05, 0.1) is 17.2 Å². The van der Waals surface area contributed by atoms with E-state index in [0.29, 0.717) is 16.0 Å². The molecular formula is C16H14ClN5S. The molecule has 0 saturated carbocycles. The van der Waals surface area contributed by atoms with Crippen LogP contribution in [0.2, 0.25) is 5.02 Å². The average Bonchev–Trinajstić information content (AvgIpc) is 2.55. The van der Waals surface area contributed by atoms with Crippen LogP contribution in [0.5, 0.6) is 0 Å². The van der Waals surface area contributed by atoms with Crippen molar-refractivity contribution in [2.45, 2.75) is 0 Å². The third-order valence-electron chi connectivity index (χ3n) is 3.14. The van der Waals surface area contributed by atoms with E-state index in [1.807, 2.05) is 43.4 Å². The highest BCUT2D eigenvalue weighted by atomic mass is 35.5. The van der Waals surface area contributed by atoms with Crippen molar-refractivity contribution in [2.24, 2.45) is 0 Å². The molecule has 0 unspecified atom stereocenters. The van der Waals surface area contributed by atoms with Gasteiger partial charge in [-0.2, -0.15) is 0 Å². The van der Waals surface area contributed by atoms with E-state index in [2.05, 4.69) is 20.7 Å². The average molecular weight is 344 g/mol. The van der Waals surface area contributed by atoms with Gasteiger partial charge in [0.1, 0.15) is 0 Å². The Kier molecular flexibility index (Phi) is 4.55. The highest BCUT2D eigenvalue weighted by Gasteiger charge is 2.07. The van der Waals surface area contributed by atoms with Gasteiger partial charge in [0.25, 0.3) is 0 Å². The highest BCUT2D eigenvalue weighted by molar-refractivity contribution is 7.80. The second kappa shape index (κ2) is 6.76. The summed E-state index contributed by atoms with van der Waals surface area (Å²) in [7, 11) is 1.82. The molecule has 1 heterocycles. The van der Waals surface area contributed by atoms with E-state index in [4.69, 9.17) is 23.8 Å². The number of hydrogen-bond donors (Lipinski definition) is 2. The number of thiocarbonyl (C=S) groups is 1. The number of fused-ring (bicyclic) bond motifs is 1. The topological polar surface area (TPSA) is 53.1 Å². The van der Waals surface area contributed by atoms with Gasteiger partial charge in [-0.25, -0.2) is 4.98 Å². The number of aromatic nitrogens is 2. The Balaban J connectivity index is 1.71.